The maximum absolute atomic E-state index is 5.64. The van der Waals surface area contributed by atoms with E-state index in [0.29, 0.717) is 6.23 Å². The predicted octanol–water partition coefficient (Wildman–Crippen LogP) is 0.370. The van der Waals surface area contributed by atoms with Crippen LogP contribution in [0.5, 0.6) is 0 Å². The van der Waals surface area contributed by atoms with Gasteiger partial charge in [-0.3, -0.25) is 4.90 Å². The van der Waals surface area contributed by atoms with E-state index in [9.17, 15) is 0 Å². The van der Waals surface area contributed by atoms with Crippen LogP contribution < -0.4 is 0 Å². The maximum Gasteiger partial charge on any atom is 0.110 e. The van der Waals surface area contributed by atoms with Crippen LogP contribution in [-0.2, 0) is 4.74 Å². The van der Waals surface area contributed by atoms with Crippen LogP contribution in [0.15, 0.2) is 0 Å². The maximum atomic E-state index is 5.64. The average molecular weight is 170 g/mol. The molecule has 2 rings (SSSR count). The molecule has 2 saturated heterocycles. The summed E-state index contributed by atoms with van der Waals surface area (Å²) in [6.07, 6.45) is 2.93. The van der Waals surface area contributed by atoms with Crippen molar-refractivity contribution in [3.05, 3.63) is 0 Å². The highest BCUT2D eigenvalue weighted by atomic mass is 16.5. The lowest BCUT2D eigenvalue weighted by Crippen LogP contribution is -2.48. The summed E-state index contributed by atoms with van der Waals surface area (Å²) < 4.78 is 5.64. The first-order valence-electron chi connectivity index (χ1n) is 4.90. The number of hydrogen-bond donors (Lipinski definition) is 0. The van der Waals surface area contributed by atoms with Crippen molar-refractivity contribution in [3.63, 3.8) is 0 Å². The van der Waals surface area contributed by atoms with Crippen LogP contribution in [-0.4, -0.2) is 55.9 Å². The number of ether oxygens (including phenoxy) is 1. The third kappa shape index (κ3) is 1.79. The predicted molar refractivity (Wildman–Crippen MR) is 48.0 cm³/mol. The SMILES string of the molecule is CN1CCN(C2CCCO2)CC1. The van der Waals surface area contributed by atoms with Gasteiger partial charge in [0.15, 0.2) is 0 Å². The number of hydrogen-bond acceptors (Lipinski definition) is 3. The Balaban J connectivity index is 1.80. The van der Waals surface area contributed by atoms with Crippen molar-refractivity contribution in [2.24, 2.45) is 0 Å². The second-order valence-corrected chi connectivity index (χ2v) is 3.81. The van der Waals surface area contributed by atoms with E-state index < -0.39 is 0 Å². The van der Waals surface area contributed by atoms with Crippen LogP contribution in [0, 0.1) is 0 Å². The first-order valence-corrected chi connectivity index (χ1v) is 4.90. The molecule has 0 saturated carbocycles. The molecule has 0 N–H and O–H groups in total. The highest BCUT2D eigenvalue weighted by Crippen LogP contribution is 2.17. The molecule has 12 heavy (non-hydrogen) atoms. The van der Waals surface area contributed by atoms with Gasteiger partial charge in [0.2, 0.25) is 0 Å². The Morgan fingerprint density at radius 3 is 2.50 bits per heavy atom. The van der Waals surface area contributed by atoms with E-state index in [0.717, 1.165) is 6.61 Å². The first-order chi connectivity index (χ1) is 5.86. The Morgan fingerprint density at radius 1 is 1.17 bits per heavy atom. The third-order valence-electron chi connectivity index (χ3n) is 2.85. The minimum absolute atomic E-state index is 0.443. The van der Waals surface area contributed by atoms with Gasteiger partial charge >= 0.3 is 0 Å². The lowest BCUT2D eigenvalue weighted by molar-refractivity contribution is -0.0389. The van der Waals surface area contributed by atoms with Gasteiger partial charge in [0.1, 0.15) is 6.23 Å². The molecule has 0 radical (unpaired) electrons. The van der Waals surface area contributed by atoms with Gasteiger partial charge in [0.05, 0.1) is 0 Å². The second-order valence-electron chi connectivity index (χ2n) is 3.81. The van der Waals surface area contributed by atoms with E-state index in [1.165, 1.54) is 39.0 Å². The summed E-state index contributed by atoms with van der Waals surface area (Å²) >= 11 is 0. The summed E-state index contributed by atoms with van der Waals surface area (Å²) in [6, 6.07) is 0. The molecular formula is C9H18N2O. The van der Waals surface area contributed by atoms with Gasteiger partial charge in [0.25, 0.3) is 0 Å². The topological polar surface area (TPSA) is 15.7 Å². The van der Waals surface area contributed by atoms with Crippen molar-refractivity contribution in [1.82, 2.24) is 9.80 Å². The number of likely N-dealkylation sites (N-methyl/N-ethyl adjacent to an activating group) is 1. The third-order valence-corrected chi connectivity index (χ3v) is 2.85. The van der Waals surface area contributed by atoms with Crippen LogP contribution in [0.3, 0.4) is 0 Å². The van der Waals surface area contributed by atoms with Crippen molar-refractivity contribution in [2.75, 3.05) is 39.8 Å². The minimum atomic E-state index is 0.443. The van der Waals surface area contributed by atoms with Crippen molar-refractivity contribution < 1.29 is 4.74 Å². The zero-order chi connectivity index (χ0) is 8.39. The van der Waals surface area contributed by atoms with Crippen LogP contribution in [0.25, 0.3) is 0 Å². The zero-order valence-corrected chi connectivity index (χ0v) is 7.83. The summed E-state index contributed by atoms with van der Waals surface area (Å²) in [5, 5.41) is 0. The molecule has 70 valence electrons. The zero-order valence-electron chi connectivity index (χ0n) is 7.83. The Kier molecular flexibility index (Phi) is 2.63. The molecule has 0 amide bonds. The minimum Gasteiger partial charge on any atom is -0.363 e. The van der Waals surface area contributed by atoms with Crippen molar-refractivity contribution in [1.29, 1.82) is 0 Å². The monoisotopic (exact) mass is 170 g/mol. The van der Waals surface area contributed by atoms with E-state index in [4.69, 9.17) is 4.74 Å². The van der Waals surface area contributed by atoms with Crippen LogP contribution in [0.4, 0.5) is 0 Å². The van der Waals surface area contributed by atoms with Gasteiger partial charge in [-0.2, -0.15) is 0 Å². The summed E-state index contributed by atoms with van der Waals surface area (Å²) in [7, 11) is 2.19. The highest BCUT2D eigenvalue weighted by molar-refractivity contribution is 4.74. The molecular weight excluding hydrogens is 152 g/mol. The molecule has 1 atom stereocenters. The van der Waals surface area contributed by atoms with E-state index in [1.54, 1.807) is 0 Å². The fraction of sp³-hybridized carbons (Fsp3) is 1.00. The molecule has 2 fully saturated rings. The van der Waals surface area contributed by atoms with E-state index in [-0.39, 0.29) is 0 Å². The van der Waals surface area contributed by atoms with Crippen molar-refractivity contribution in [2.45, 2.75) is 19.1 Å². The Labute approximate surface area is 74.3 Å². The van der Waals surface area contributed by atoms with E-state index >= 15 is 0 Å². The molecule has 2 aliphatic heterocycles. The summed E-state index contributed by atoms with van der Waals surface area (Å²) in [5.41, 5.74) is 0. The fourth-order valence-corrected chi connectivity index (χ4v) is 1.96. The quantitative estimate of drug-likeness (QED) is 0.565. The first kappa shape index (κ1) is 8.48. The number of piperazine rings is 1. The number of nitrogens with zero attached hydrogens (tertiary/aromatic N) is 2. The Bertz CT molecular complexity index is 137. The summed E-state index contributed by atoms with van der Waals surface area (Å²) in [6.45, 7) is 5.72. The Morgan fingerprint density at radius 2 is 1.92 bits per heavy atom. The molecule has 3 nitrogen and oxygen atoms in total. The lowest BCUT2D eigenvalue weighted by Gasteiger charge is -2.35. The Hall–Kier alpha value is -0.120. The molecule has 2 heterocycles. The van der Waals surface area contributed by atoms with Crippen LogP contribution in [0.1, 0.15) is 12.8 Å². The summed E-state index contributed by atoms with van der Waals surface area (Å²) in [4.78, 5) is 4.86. The lowest BCUT2D eigenvalue weighted by atomic mass is 10.2. The fourth-order valence-electron chi connectivity index (χ4n) is 1.96. The normalized spacial score (nSPS) is 34.2. The van der Waals surface area contributed by atoms with Crippen LogP contribution in [0.2, 0.25) is 0 Å². The smallest absolute Gasteiger partial charge is 0.110 e. The largest absolute Gasteiger partial charge is 0.363 e. The van der Waals surface area contributed by atoms with Gasteiger partial charge in [-0.25, -0.2) is 0 Å². The van der Waals surface area contributed by atoms with Crippen molar-refractivity contribution in [3.8, 4) is 0 Å². The molecule has 0 bridgehead atoms. The molecule has 3 heteroatoms. The molecule has 0 aromatic heterocycles. The van der Waals surface area contributed by atoms with Gasteiger partial charge in [-0.1, -0.05) is 0 Å². The van der Waals surface area contributed by atoms with Gasteiger partial charge < -0.3 is 9.64 Å². The van der Waals surface area contributed by atoms with E-state index in [2.05, 4.69) is 16.8 Å². The number of rotatable bonds is 1. The molecule has 0 aromatic rings. The molecule has 1 unspecified atom stereocenters. The van der Waals surface area contributed by atoms with Crippen LogP contribution >= 0.6 is 0 Å². The van der Waals surface area contributed by atoms with E-state index in [1.807, 2.05) is 0 Å². The summed E-state index contributed by atoms with van der Waals surface area (Å²) in [5.74, 6) is 0. The molecule has 2 aliphatic rings. The molecule has 0 aromatic carbocycles. The molecule has 0 aliphatic carbocycles. The average Bonchev–Trinajstić information content (AvgIpc) is 2.58. The van der Waals surface area contributed by atoms with Gasteiger partial charge in [0, 0.05) is 32.8 Å². The van der Waals surface area contributed by atoms with Gasteiger partial charge in [-0.15, -0.1) is 0 Å². The highest BCUT2D eigenvalue weighted by Gasteiger charge is 2.25. The van der Waals surface area contributed by atoms with Crippen molar-refractivity contribution >= 4 is 0 Å². The van der Waals surface area contributed by atoms with Gasteiger partial charge in [-0.05, 0) is 19.9 Å². The molecule has 0 spiro atoms. The standard InChI is InChI=1S/C9H18N2O/c1-10-4-6-11(7-5-10)9-3-2-8-12-9/h9H,2-8H2,1H3. The second kappa shape index (κ2) is 3.73.